The summed E-state index contributed by atoms with van der Waals surface area (Å²) in [5.74, 6) is 0.594. The number of nitrogens with zero attached hydrogens (tertiary/aromatic N) is 1. The van der Waals surface area contributed by atoms with Crippen molar-refractivity contribution in [2.75, 3.05) is 25.4 Å². The molecule has 112 valence electrons. The molecule has 2 aliphatic rings. The van der Waals surface area contributed by atoms with E-state index in [9.17, 15) is 4.79 Å². The normalized spacial score (nSPS) is 22.8. The van der Waals surface area contributed by atoms with E-state index in [0.717, 1.165) is 30.4 Å². The molecule has 1 aromatic rings. The van der Waals surface area contributed by atoms with Gasteiger partial charge in [-0.15, -0.1) is 0 Å². The van der Waals surface area contributed by atoms with Crippen LogP contribution in [0.25, 0.3) is 6.08 Å². The van der Waals surface area contributed by atoms with Crippen molar-refractivity contribution in [3.05, 3.63) is 35.9 Å². The second-order valence-corrected chi connectivity index (χ2v) is 6.13. The summed E-state index contributed by atoms with van der Waals surface area (Å²) in [5.41, 5.74) is 7.35. The fourth-order valence-corrected chi connectivity index (χ4v) is 2.88. The van der Waals surface area contributed by atoms with Gasteiger partial charge in [0.1, 0.15) is 0 Å². The van der Waals surface area contributed by atoms with Crippen molar-refractivity contribution >= 4 is 17.7 Å². The molecule has 0 spiro atoms. The molecule has 1 aliphatic carbocycles. The van der Waals surface area contributed by atoms with Crippen LogP contribution in [-0.4, -0.2) is 36.5 Å². The molecule has 1 saturated carbocycles. The standard InChI is InChI=1S/C17H23N3O/c18-15-4-1-13(2-5-15)3-8-17(21)19-11-14-9-10-20(12-14)16-6-7-16/h1-5,8,14,16H,6-7,9-12,18H2,(H,19,21)/b8-3+. The fourth-order valence-electron chi connectivity index (χ4n) is 2.88. The predicted molar refractivity (Wildman–Crippen MR) is 85.6 cm³/mol. The molecular formula is C17H23N3O. The van der Waals surface area contributed by atoms with Crippen molar-refractivity contribution in [3.63, 3.8) is 0 Å². The van der Waals surface area contributed by atoms with Crippen molar-refractivity contribution < 1.29 is 4.79 Å². The summed E-state index contributed by atoms with van der Waals surface area (Å²) in [4.78, 5) is 14.4. The topological polar surface area (TPSA) is 58.4 Å². The molecule has 4 nitrogen and oxygen atoms in total. The van der Waals surface area contributed by atoms with E-state index in [-0.39, 0.29) is 5.91 Å². The maximum absolute atomic E-state index is 11.8. The minimum atomic E-state index is -0.0169. The second-order valence-electron chi connectivity index (χ2n) is 6.13. The molecule has 1 aromatic carbocycles. The predicted octanol–water partition coefficient (Wildman–Crippen LogP) is 1.88. The van der Waals surface area contributed by atoms with Gasteiger partial charge in [0, 0.05) is 30.9 Å². The molecule has 1 heterocycles. The van der Waals surface area contributed by atoms with E-state index in [1.54, 1.807) is 6.08 Å². The Kier molecular flexibility index (Phi) is 4.25. The molecule has 1 aliphatic heterocycles. The smallest absolute Gasteiger partial charge is 0.244 e. The van der Waals surface area contributed by atoms with Crippen LogP contribution in [0.3, 0.4) is 0 Å². The molecule has 1 saturated heterocycles. The van der Waals surface area contributed by atoms with Crippen LogP contribution in [0.1, 0.15) is 24.8 Å². The van der Waals surface area contributed by atoms with Crippen molar-refractivity contribution in [2.45, 2.75) is 25.3 Å². The summed E-state index contributed by atoms with van der Waals surface area (Å²) in [6.07, 6.45) is 7.35. The van der Waals surface area contributed by atoms with Gasteiger partial charge in [-0.2, -0.15) is 0 Å². The largest absolute Gasteiger partial charge is 0.399 e. The number of nitrogen functional groups attached to an aromatic ring is 1. The number of hydrogen-bond acceptors (Lipinski definition) is 3. The third kappa shape index (κ3) is 4.08. The zero-order chi connectivity index (χ0) is 14.7. The average Bonchev–Trinajstić information content (AvgIpc) is 3.23. The lowest BCUT2D eigenvalue weighted by Gasteiger charge is -2.14. The first kappa shape index (κ1) is 14.1. The van der Waals surface area contributed by atoms with Gasteiger partial charge in [-0.1, -0.05) is 12.1 Å². The summed E-state index contributed by atoms with van der Waals surface area (Å²) >= 11 is 0. The van der Waals surface area contributed by atoms with Crippen molar-refractivity contribution in [3.8, 4) is 0 Å². The molecular weight excluding hydrogens is 262 g/mol. The van der Waals surface area contributed by atoms with Crippen LogP contribution in [0.2, 0.25) is 0 Å². The van der Waals surface area contributed by atoms with Gasteiger partial charge in [0.2, 0.25) is 5.91 Å². The number of carbonyl (C=O) groups is 1. The number of likely N-dealkylation sites (tertiary alicyclic amines) is 1. The maximum Gasteiger partial charge on any atom is 0.244 e. The molecule has 1 amide bonds. The molecule has 2 fully saturated rings. The Morgan fingerprint density at radius 1 is 1.29 bits per heavy atom. The van der Waals surface area contributed by atoms with Crippen LogP contribution >= 0.6 is 0 Å². The summed E-state index contributed by atoms with van der Waals surface area (Å²) in [5, 5.41) is 3.01. The van der Waals surface area contributed by atoms with Crippen LogP contribution < -0.4 is 11.1 Å². The number of carbonyl (C=O) groups excluding carboxylic acids is 1. The minimum Gasteiger partial charge on any atom is -0.399 e. The number of rotatable bonds is 5. The van der Waals surface area contributed by atoms with E-state index in [4.69, 9.17) is 5.73 Å². The van der Waals surface area contributed by atoms with E-state index < -0.39 is 0 Å². The zero-order valence-corrected chi connectivity index (χ0v) is 12.3. The van der Waals surface area contributed by atoms with E-state index >= 15 is 0 Å². The second kappa shape index (κ2) is 6.31. The lowest BCUT2D eigenvalue weighted by Crippen LogP contribution is -2.30. The first-order valence-electron chi connectivity index (χ1n) is 7.76. The third-order valence-electron chi connectivity index (χ3n) is 4.31. The van der Waals surface area contributed by atoms with Crippen molar-refractivity contribution in [1.29, 1.82) is 0 Å². The number of nitrogens with one attached hydrogen (secondary N) is 1. The zero-order valence-electron chi connectivity index (χ0n) is 12.3. The van der Waals surface area contributed by atoms with E-state index in [1.807, 2.05) is 30.3 Å². The molecule has 0 radical (unpaired) electrons. The number of hydrogen-bond donors (Lipinski definition) is 2. The number of amides is 1. The summed E-state index contributed by atoms with van der Waals surface area (Å²) < 4.78 is 0. The Morgan fingerprint density at radius 2 is 2.05 bits per heavy atom. The lowest BCUT2D eigenvalue weighted by molar-refractivity contribution is -0.116. The highest BCUT2D eigenvalue weighted by Crippen LogP contribution is 2.31. The van der Waals surface area contributed by atoms with Gasteiger partial charge >= 0.3 is 0 Å². The molecule has 1 unspecified atom stereocenters. The quantitative estimate of drug-likeness (QED) is 0.641. The van der Waals surface area contributed by atoms with Crippen molar-refractivity contribution in [2.24, 2.45) is 5.92 Å². The number of anilines is 1. The first-order chi connectivity index (χ1) is 10.2. The molecule has 21 heavy (non-hydrogen) atoms. The Balaban J connectivity index is 1.41. The summed E-state index contributed by atoms with van der Waals surface area (Å²) in [7, 11) is 0. The molecule has 3 N–H and O–H groups in total. The molecule has 3 rings (SSSR count). The van der Waals surface area contributed by atoms with Crippen LogP contribution in [0.15, 0.2) is 30.3 Å². The average molecular weight is 285 g/mol. The van der Waals surface area contributed by atoms with Crippen LogP contribution in [0.5, 0.6) is 0 Å². The number of benzene rings is 1. The molecule has 0 aromatic heterocycles. The Morgan fingerprint density at radius 3 is 2.76 bits per heavy atom. The molecule has 0 bridgehead atoms. The highest BCUT2D eigenvalue weighted by Gasteiger charge is 2.34. The first-order valence-corrected chi connectivity index (χ1v) is 7.76. The summed E-state index contributed by atoms with van der Waals surface area (Å²) in [6, 6.07) is 8.33. The van der Waals surface area contributed by atoms with E-state index in [1.165, 1.54) is 25.8 Å². The Labute approximate surface area is 126 Å². The van der Waals surface area contributed by atoms with E-state index in [2.05, 4.69) is 10.2 Å². The Hall–Kier alpha value is -1.81. The van der Waals surface area contributed by atoms with Gasteiger partial charge in [0.25, 0.3) is 0 Å². The van der Waals surface area contributed by atoms with Gasteiger partial charge in [-0.05, 0) is 55.5 Å². The van der Waals surface area contributed by atoms with Gasteiger partial charge in [-0.3, -0.25) is 4.79 Å². The van der Waals surface area contributed by atoms with Gasteiger partial charge in [0.05, 0.1) is 0 Å². The molecule has 1 atom stereocenters. The minimum absolute atomic E-state index is 0.0169. The fraction of sp³-hybridized carbons (Fsp3) is 0.471. The van der Waals surface area contributed by atoms with Gasteiger partial charge < -0.3 is 16.0 Å². The van der Waals surface area contributed by atoms with E-state index in [0.29, 0.717) is 5.92 Å². The Bertz CT molecular complexity index is 519. The SMILES string of the molecule is Nc1ccc(/C=C/C(=O)NCC2CCN(C3CC3)C2)cc1. The lowest BCUT2D eigenvalue weighted by atomic mass is 10.1. The van der Waals surface area contributed by atoms with Crippen molar-refractivity contribution in [1.82, 2.24) is 10.2 Å². The third-order valence-corrected chi connectivity index (χ3v) is 4.31. The summed E-state index contributed by atoms with van der Waals surface area (Å²) in [6.45, 7) is 3.13. The highest BCUT2D eigenvalue weighted by atomic mass is 16.1. The highest BCUT2D eigenvalue weighted by molar-refractivity contribution is 5.91. The maximum atomic E-state index is 11.8. The monoisotopic (exact) mass is 285 g/mol. The van der Waals surface area contributed by atoms with Crippen LogP contribution in [-0.2, 0) is 4.79 Å². The van der Waals surface area contributed by atoms with Gasteiger partial charge in [-0.25, -0.2) is 0 Å². The van der Waals surface area contributed by atoms with Crippen LogP contribution in [0.4, 0.5) is 5.69 Å². The molecule has 4 heteroatoms. The van der Waals surface area contributed by atoms with Crippen LogP contribution in [0, 0.1) is 5.92 Å². The van der Waals surface area contributed by atoms with Gasteiger partial charge in [0.15, 0.2) is 0 Å². The number of nitrogens with two attached hydrogens (primary N) is 1.